The highest BCUT2D eigenvalue weighted by Crippen LogP contribution is 2.15. The maximum absolute atomic E-state index is 13.2. The molecule has 0 aromatic heterocycles. The van der Waals surface area contributed by atoms with Gasteiger partial charge in [0.25, 0.3) is 10.1 Å². The van der Waals surface area contributed by atoms with Gasteiger partial charge >= 0.3 is 0 Å². The number of hydrogen-bond acceptors (Lipinski definition) is 7. The van der Waals surface area contributed by atoms with Gasteiger partial charge < -0.3 is 21.5 Å². The summed E-state index contributed by atoms with van der Waals surface area (Å²) in [6.45, 7) is 4.71. The van der Waals surface area contributed by atoms with E-state index in [2.05, 4.69) is 24.5 Å². The Morgan fingerprint density at radius 2 is 0.920 bits per heavy atom. The lowest BCUT2D eigenvalue weighted by Crippen LogP contribution is -2.54. The zero-order chi connectivity index (χ0) is 37.3. The number of amides is 2. The number of aliphatic hydroxyl groups is 1. The van der Waals surface area contributed by atoms with Crippen LogP contribution in [0.5, 0.6) is 0 Å². The fourth-order valence-electron chi connectivity index (χ4n) is 6.36. The Hall–Kier alpha value is -1.56. The molecule has 0 aliphatic rings. The molecule has 0 aromatic rings. The standard InChI is InChI=1S/C39H77N3O7S/c1-3-5-7-9-11-13-15-17-19-20-22-24-26-30-36(43)35(33-50(47,48)49)42-38(45)34(29-28-32-40)41-39(46)37(44)31-27-25-23-21-18-16-14-12-10-8-6-4-2/h34-35,37,44H,3-33,40H2,1-2H3,(H,41,46)(H,42,45)(H,47,48,49). The number of ketones is 1. The van der Waals surface area contributed by atoms with Crippen LogP contribution in [0.2, 0.25) is 0 Å². The number of Topliss-reactive ketones (excluding diaryl/α,β-unsaturated/α-hetero) is 1. The van der Waals surface area contributed by atoms with Crippen molar-refractivity contribution in [1.29, 1.82) is 0 Å². The van der Waals surface area contributed by atoms with Gasteiger partial charge in [-0.2, -0.15) is 8.42 Å². The molecule has 3 unspecified atom stereocenters. The molecule has 0 heterocycles. The minimum absolute atomic E-state index is 0.0792. The van der Waals surface area contributed by atoms with Crippen LogP contribution in [0.4, 0.5) is 0 Å². The molecule has 0 saturated carbocycles. The van der Waals surface area contributed by atoms with E-state index in [0.29, 0.717) is 19.3 Å². The van der Waals surface area contributed by atoms with Crippen LogP contribution in [0, 0.1) is 0 Å². The van der Waals surface area contributed by atoms with Crippen molar-refractivity contribution in [2.24, 2.45) is 5.73 Å². The summed E-state index contributed by atoms with van der Waals surface area (Å²) in [5.74, 6) is -2.84. The number of aliphatic hydroxyl groups excluding tert-OH is 1. The molecule has 0 radical (unpaired) electrons. The van der Waals surface area contributed by atoms with Crippen LogP contribution in [-0.2, 0) is 24.5 Å². The second-order valence-corrected chi connectivity index (χ2v) is 16.0. The lowest BCUT2D eigenvalue weighted by atomic mass is 10.0. The first-order valence-electron chi connectivity index (χ1n) is 20.5. The van der Waals surface area contributed by atoms with Gasteiger partial charge in [0.05, 0.1) is 0 Å². The molecular formula is C39H77N3O7S. The molecule has 296 valence electrons. The Labute approximate surface area is 306 Å². The number of rotatable bonds is 37. The molecule has 50 heavy (non-hydrogen) atoms. The van der Waals surface area contributed by atoms with Crippen molar-refractivity contribution in [3.05, 3.63) is 0 Å². The van der Waals surface area contributed by atoms with E-state index in [9.17, 15) is 32.5 Å². The minimum Gasteiger partial charge on any atom is -0.383 e. The molecule has 10 nitrogen and oxygen atoms in total. The summed E-state index contributed by atoms with van der Waals surface area (Å²) in [4.78, 5) is 38.9. The normalized spacial score (nSPS) is 13.5. The van der Waals surface area contributed by atoms with Crippen molar-refractivity contribution >= 4 is 27.7 Å². The Morgan fingerprint density at radius 1 is 0.540 bits per heavy atom. The van der Waals surface area contributed by atoms with E-state index in [-0.39, 0.29) is 25.8 Å². The largest absolute Gasteiger partial charge is 0.383 e. The fraction of sp³-hybridized carbons (Fsp3) is 0.923. The quantitative estimate of drug-likeness (QED) is 0.0315. The van der Waals surface area contributed by atoms with Gasteiger partial charge in [0.15, 0.2) is 5.78 Å². The highest BCUT2D eigenvalue weighted by molar-refractivity contribution is 7.85. The highest BCUT2D eigenvalue weighted by Gasteiger charge is 2.30. The summed E-state index contributed by atoms with van der Waals surface area (Å²) >= 11 is 0. The summed E-state index contributed by atoms with van der Waals surface area (Å²) < 4.78 is 32.9. The van der Waals surface area contributed by atoms with Crippen molar-refractivity contribution in [1.82, 2.24) is 10.6 Å². The maximum atomic E-state index is 13.2. The number of nitrogens with one attached hydrogen (secondary N) is 2. The van der Waals surface area contributed by atoms with Crippen molar-refractivity contribution in [2.45, 2.75) is 218 Å². The van der Waals surface area contributed by atoms with Crippen LogP contribution in [-0.4, -0.2) is 66.2 Å². The average Bonchev–Trinajstić information content (AvgIpc) is 3.07. The van der Waals surface area contributed by atoms with Crippen LogP contribution in [0.15, 0.2) is 0 Å². The number of carbonyl (C=O) groups excluding carboxylic acids is 3. The van der Waals surface area contributed by atoms with E-state index in [0.717, 1.165) is 44.9 Å². The molecule has 0 bridgehead atoms. The molecule has 0 aliphatic heterocycles. The molecule has 0 aliphatic carbocycles. The molecule has 0 aromatic carbocycles. The Bertz CT molecular complexity index is 948. The van der Waals surface area contributed by atoms with Gasteiger partial charge in [0.2, 0.25) is 11.8 Å². The predicted octanol–water partition coefficient (Wildman–Crippen LogP) is 8.09. The second kappa shape index (κ2) is 33.3. The third-order valence-electron chi connectivity index (χ3n) is 9.57. The Kier molecular flexibility index (Phi) is 32.2. The van der Waals surface area contributed by atoms with Crippen LogP contribution < -0.4 is 16.4 Å². The van der Waals surface area contributed by atoms with E-state index in [4.69, 9.17) is 5.73 Å². The average molecular weight is 732 g/mol. The van der Waals surface area contributed by atoms with Crippen molar-refractivity contribution < 1.29 is 32.5 Å². The van der Waals surface area contributed by atoms with E-state index in [1.807, 2.05) is 0 Å². The highest BCUT2D eigenvalue weighted by atomic mass is 32.2. The van der Waals surface area contributed by atoms with Crippen LogP contribution in [0.25, 0.3) is 0 Å². The van der Waals surface area contributed by atoms with Gasteiger partial charge in [0.1, 0.15) is 23.9 Å². The van der Waals surface area contributed by atoms with Gasteiger partial charge in [-0.15, -0.1) is 0 Å². The monoisotopic (exact) mass is 732 g/mol. The van der Waals surface area contributed by atoms with Crippen LogP contribution >= 0.6 is 0 Å². The molecule has 0 spiro atoms. The number of hydrogen-bond donors (Lipinski definition) is 5. The van der Waals surface area contributed by atoms with Gasteiger partial charge in [-0.25, -0.2) is 0 Å². The summed E-state index contributed by atoms with van der Waals surface area (Å²) in [5.41, 5.74) is 5.64. The van der Waals surface area contributed by atoms with E-state index >= 15 is 0 Å². The Balaban J connectivity index is 4.60. The fourth-order valence-corrected chi connectivity index (χ4v) is 7.05. The third-order valence-corrected chi connectivity index (χ3v) is 10.3. The molecule has 3 atom stereocenters. The zero-order valence-electron chi connectivity index (χ0n) is 32.1. The molecule has 0 saturated heterocycles. The number of nitrogens with two attached hydrogens (primary N) is 1. The molecule has 2 amide bonds. The lowest BCUT2D eigenvalue weighted by molar-refractivity contribution is -0.135. The van der Waals surface area contributed by atoms with Crippen molar-refractivity contribution in [3.8, 4) is 0 Å². The molecular weight excluding hydrogens is 655 g/mol. The predicted molar refractivity (Wildman–Crippen MR) is 206 cm³/mol. The first kappa shape index (κ1) is 48.4. The first-order valence-corrected chi connectivity index (χ1v) is 22.1. The summed E-state index contributed by atoms with van der Waals surface area (Å²) in [6.07, 6.45) is 28.6. The summed E-state index contributed by atoms with van der Waals surface area (Å²) in [7, 11) is -4.56. The molecule has 0 fully saturated rings. The number of unbranched alkanes of at least 4 members (excludes halogenated alkanes) is 23. The SMILES string of the molecule is CCCCCCCCCCCCCCCC(=O)C(CS(=O)(=O)O)NC(=O)C(CCCN)NC(=O)C(O)CCCCCCCCCCCCCC. The molecule has 6 N–H and O–H groups in total. The second-order valence-electron chi connectivity index (χ2n) is 14.5. The molecule has 11 heteroatoms. The lowest BCUT2D eigenvalue weighted by Gasteiger charge is -2.23. The van der Waals surface area contributed by atoms with Crippen molar-refractivity contribution in [3.63, 3.8) is 0 Å². The van der Waals surface area contributed by atoms with Gasteiger partial charge in [-0.1, -0.05) is 168 Å². The van der Waals surface area contributed by atoms with E-state index in [1.165, 1.54) is 103 Å². The van der Waals surface area contributed by atoms with Crippen LogP contribution in [0.1, 0.15) is 200 Å². The minimum atomic E-state index is -4.56. The number of carbonyl (C=O) groups is 3. The molecule has 0 rings (SSSR count). The third kappa shape index (κ3) is 30.1. The first-order chi connectivity index (χ1) is 24.1. The maximum Gasteiger partial charge on any atom is 0.267 e. The topological polar surface area (TPSA) is 176 Å². The summed E-state index contributed by atoms with van der Waals surface area (Å²) in [5, 5.41) is 15.5. The van der Waals surface area contributed by atoms with Crippen molar-refractivity contribution in [2.75, 3.05) is 12.3 Å². The van der Waals surface area contributed by atoms with E-state index < -0.39 is 51.7 Å². The van der Waals surface area contributed by atoms with Gasteiger partial charge in [-0.05, 0) is 32.2 Å². The zero-order valence-corrected chi connectivity index (χ0v) is 32.9. The smallest absolute Gasteiger partial charge is 0.267 e. The van der Waals surface area contributed by atoms with Gasteiger partial charge in [0, 0.05) is 6.42 Å². The Morgan fingerprint density at radius 3 is 1.32 bits per heavy atom. The van der Waals surface area contributed by atoms with E-state index in [1.54, 1.807) is 0 Å². The van der Waals surface area contributed by atoms with Gasteiger partial charge in [-0.3, -0.25) is 18.9 Å². The summed E-state index contributed by atoms with van der Waals surface area (Å²) in [6, 6.07) is -2.53. The van der Waals surface area contributed by atoms with Crippen LogP contribution in [0.3, 0.4) is 0 Å².